The topological polar surface area (TPSA) is 53.4 Å². The van der Waals surface area contributed by atoms with Crippen LogP contribution in [0.1, 0.15) is 53.2 Å². The number of aromatic nitrogens is 2. The Bertz CT molecular complexity index is 884. The van der Waals surface area contributed by atoms with E-state index in [4.69, 9.17) is 0 Å². The highest BCUT2D eigenvalue weighted by atomic mass is 15.3. The molecule has 1 aromatic heterocycles. The first-order chi connectivity index (χ1) is 14.5. The number of anilines is 1. The molecule has 0 aromatic carbocycles. The van der Waals surface area contributed by atoms with Crippen LogP contribution in [0, 0.1) is 0 Å². The van der Waals surface area contributed by atoms with Crippen LogP contribution in [0.15, 0.2) is 72.9 Å². The van der Waals surface area contributed by atoms with E-state index in [1.807, 2.05) is 31.2 Å². The molecule has 2 heterocycles. The van der Waals surface area contributed by atoms with Crippen LogP contribution >= 0.6 is 0 Å². The highest BCUT2D eigenvalue weighted by Gasteiger charge is 2.39. The van der Waals surface area contributed by atoms with Crippen molar-refractivity contribution in [3.63, 3.8) is 0 Å². The van der Waals surface area contributed by atoms with Crippen molar-refractivity contribution < 1.29 is 0 Å². The molecular weight excluding hydrogens is 382 g/mol. The van der Waals surface area contributed by atoms with E-state index in [-0.39, 0.29) is 11.1 Å². The second-order valence-corrected chi connectivity index (χ2v) is 9.43. The van der Waals surface area contributed by atoms with Crippen LogP contribution in [0.25, 0.3) is 5.57 Å². The molecule has 0 spiro atoms. The SMILES string of the molecule is C=C/C=C(/C=C(\C)c1ccc(N(C)C2CC(C)(C)NC(C)(C)C2)nn1)C(C=C)=NC=C. The summed E-state index contributed by atoms with van der Waals surface area (Å²) >= 11 is 0. The summed E-state index contributed by atoms with van der Waals surface area (Å²) in [6.07, 6.45) is 10.9. The Hall–Kier alpha value is -2.79. The van der Waals surface area contributed by atoms with Crippen molar-refractivity contribution in [3.05, 3.63) is 73.6 Å². The molecule has 0 aliphatic carbocycles. The van der Waals surface area contributed by atoms with Crippen LogP contribution in [-0.2, 0) is 0 Å². The van der Waals surface area contributed by atoms with Gasteiger partial charge in [-0.1, -0.05) is 31.9 Å². The second kappa shape index (κ2) is 10.0. The second-order valence-electron chi connectivity index (χ2n) is 9.43. The van der Waals surface area contributed by atoms with E-state index in [2.05, 4.69) is 79.9 Å². The van der Waals surface area contributed by atoms with Crippen molar-refractivity contribution in [1.82, 2.24) is 15.5 Å². The lowest BCUT2D eigenvalue weighted by molar-refractivity contribution is 0.160. The van der Waals surface area contributed by atoms with Gasteiger partial charge >= 0.3 is 0 Å². The molecule has 1 aliphatic rings. The summed E-state index contributed by atoms with van der Waals surface area (Å²) in [6, 6.07) is 4.46. The molecule has 5 nitrogen and oxygen atoms in total. The minimum Gasteiger partial charge on any atom is -0.355 e. The number of hydrogen-bond acceptors (Lipinski definition) is 5. The molecule has 31 heavy (non-hydrogen) atoms. The molecule has 0 amide bonds. The number of hydrogen-bond donors (Lipinski definition) is 1. The molecule has 1 aromatic rings. The van der Waals surface area contributed by atoms with Crippen molar-refractivity contribution in [1.29, 1.82) is 0 Å². The first-order valence-corrected chi connectivity index (χ1v) is 10.7. The molecule has 2 rings (SSSR count). The first kappa shape index (κ1) is 24.5. The van der Waals surface area contributed by atoms with Crippen LogP contribution in [0.2, 0.25) is 0 Å². The lowest BCUT2D eigenvalue weighted by Gasteiger charge is -2.49. The third-order valence-corrected chi connectivity index (χ3v) is 5.52. The van der Waals surface area contributed by atoms with E-state index in [0.717, 1.165) is 41.2 Å². The predicted octanol–water partition coefficient (Wildman–Crippen LogP) is 5.51. The molecule has 0 radical (unpaired) electrons. The standard InChI is InChI=1S/C26H37N5/c1-10-13-20(22(11-2)27-12-3)16-19(4)23-14-15-24(29-28-23)31(9)21-17-25(5,6)30-26(7,8)18-21/h10-16,21,30H,1-3,17-18H2,4-9H3/b19-16+,20-13-,27-22?. The fourth-order valence-corrected chi connectivity index (χ4v) is 4.44. The summed E-state index contributed by atoms with van der Waals surface area (Å²) in [6.45, 7) is 22.4. The minimum atomic E-state index is 0.0805. The molecule has 5 heteroatoms. The van der Waals surface area contributed by atoms with E-state index in [1.54, 1.807) is 12.2 Å². The number of piperidine rings is 1. The minimum absolute atomic E-state index is 0.0805. The van der Waals surface area contributed by atoms with Gasteiger partial charge in [0.2, 0.25) is 0 Å². The van der Waals surface area contributed by atoms with Crippen molar-refractivity contribution in [2.75, 3.05) is 11.9 Å². The molecule has 0 unspecified atom stereocenters. The van der Waals surface area contributed by atoms with Crippen LogP contribution in [-0.4, -0.2) is 40.1 Å². The maximum Gasteiger partial charge on any atom is 0.151 e. The van der Waals surface area contributed by atoms with Gasteiger partial charge < -0.3 is 10.2 Å². The fraction of sp³-hybridized carbons (Fsp3) is 0.423. The van der Waals surface area contributed by atoms with Gasteiger partial charge in [-0.05, 0) is 77.3 Å². The maximum absolute atomic E-state index is 4.53. The van der Waals surface area contributed by atoms with Gasteiger partial charge in [-0.25, -0.2) is 0 Å². The molecule has 1 aliphatic heterocycles. The Balaban J connectivity index is 2.25. The lowest BCUT2D eigenvalue weighted by atomic mass is 9.79. The fourth-order valence-electron chi connectivity index (χ4n) is 4.44. The van der Waals surface area contributed by atoms with E-state index >= 15 is 0 Å². The molecule has 0 bridgehead atoms. The highest BCUT2D eigenvalue weighted by molar-refractivity contribution is 6.11. The van der Waals surface area contributed by atoms with Gasteiger partial charge in [-0.3, -0.25) is 4.99 Å². The van der Waals surface area contributed by atoms with Crippen molar-refractivity contribution >= 4 is 17.1 Å². The van der Waals surface area contributed by atoms with Gasteiger partial charge in [0.1, 0.15) is 0 Å². The van der Waals surface area contributed by atoms with Gasteiger partial charge in [-0.15, -0.1) is 10.2 Å². The van der Waals surface area contributed by atoms with Gasteiger partial charge in [0.05, 0.1) is 11.4 Å². The number of nitrogens with one attached hydrogen (secondary N) is 1. The van der Waals surface area contributed by atoms with Crippen LogP contribution < -0.4 is 10.2 Å². The van der Waals surface area contributed by atoms with Gasteiger partial charge in [-0.2, -0.15) is 0 Å². The third-order valence-electron chi connectivity index (χ3n) is 5.52. The molecular formula is C26H37N5. The van der Waals surface area contributed by atoms with Gasteiger partial charge in [0, 0.05) is 35.9 Å². The molecule has 0 saturated carbocycles. The zero-order valence-electron chi connectivity index (χ0n) is 19.9. The highest BCUT2D eigenvalue weighted by Crippen LogP contribution is 2.32. The Morgan fingerprint density at radius 3 is 2.26 bits per heavy atom. The number of nitrogens with zero attached hydrogens (tertiary/aromatic N) is 4. The predicted molar refractivity (Wildman–Crippen MR) is 135 cm³/mol. The monoisotopic (exact) mass is 419 g/mol. The zero-order valence-corrected chi connectivity index (χ0v) is 19.9. The van der Waals surface area contributed by atoms with Crippen LogP contribution in [0.3, 0.4) is 0 Å². The van der Waals surface area contributed by atoms with E-state index in [1.165, 1.54) is 6.20 Å². The molecule has 1 N–H and O–H groups in total. The van der Waals surface area contributed by atoms with E-state index < -0.39 is 0 Å². The number of aliphatic imine (C=N–C) groups is 1. The molecule has 166 valence electrons. The normalized spacial score (nSPS) is 19.6. The summed E-state index contributed by atoms with van der Waals surface area (Å²) < 4.78 is 0. The Morgan fingerprint density at radius 2 is 1.77 bits per heavy atom. The third kappa shape index (κ3) is 6.59. The zero-order chi connectivity index (χ0) is 23.2. The summed E-state index contributed by atoms with van der Waals surface area (Å²) in [5.74, 6) is 0.886. The summed E-state index contributed by atoms with van der Waals surface area (Å²) in [5.41, 5.74) is 3.59. The largest absolute Gasteiger partial charge is 0.355 e. The van der Waals surface area contributed by atoms with Crippen molar-refractivity contribution in [2.24, 2.45) is 4.99 Å². The first-order valence-electron chi connectivity index (χ1n) is 10.7. The van der Waals surface area contributed by atoms with Crippen LogP contribution in [0.5, 0.6) is 0 Å². The average molecular weight is 420 g/mol. The van der Waals surface area contributed by atoms with Crippen LogP contribution in [0.4, 0.5) is 5.82 Å². The Kier molecular flexibility index (Phi) is 7.91. The number of allylic oxidation sites excluding steroid dienone is 6. The molecule has 1 fully saturated rings. The number of rotatable bonds is 8. The Labute approximate surface area is 188 Å². The average Bonchev–Trinajstić information content (AvgIpc) is 2.69. The van der Waals surface area contributed by atoms with E-state index in [0.29, 0.717) is 6.04 Å². The summed E-state index contributed by atoms with van der Waals surface area (Å²) in [4.78, 5) is 6.53. The summed E-state index contributed by atoms with van der Waals surface area (Å²) in [5, 5.41) is 12.8. The van der Waals surface area contributed by atoms with E-state index in [9.17, 15) is 0 Å². The lowest BCUT2D eigenvalue weighted by Crippen LogP contribution is -2.62. The summed E-state index contributed by atoms with van der Waals surface area (Å²) in [7, 11) is 2.11. The van der Waals surface area contributed by atoms with Crippen molar-refractivity contribution in [3.8, 4) is 0 Å². The Morgan fingerprint density at radius 1 is 1.13 bits per heavy atom. The molecule has 0 atom stereocenters. The van der Waals surface area contributed by atoms with Gasteiger partial charge in [0.15, 0.2) is 5.82 Å². The van der Waals surface area contributed by atoms with Gasteiger partial charge in [0.25, 0.3) is 0 Å². The smallest absolute Gasteiger partial charge is 0.151 e. The maximum atomic E-state index is 4.53. The molecule has 1 saturated heterocycles. The quantitative estimate of drug-likeness (QED) is 0.446. The van der Waals surface area contributed by atoms with Crippen molar-refractivity contribution in [2.45, 2.75) is 64.6 Å².